The Kier molecular flexibility index (Phi) is 19.2. The molecule has 3 aliphatic rings. The molecule has 0 fully saturated rings. The fourth-order valence-corrected chi connectivity index (χ4v) is 10.6. The van der Waals surface area contributed by atoms with Crippen molar-refractivity contribution < 1.29 is 68.3 Å². The van der Waals surface area contributed by atoms with Crippen LogP contribution in [0.15, 0.2) is 18.2 Å². The van der Waals surface area contributed by atoms with Gasteiger partial charge >= 0.3 is 23.9 Å². The number of carboxylic acid groups (broad SMARTS) is 4. The Hall–Kier alpha value is -7.75. The molecule has 3 aromatic rings. The number of imide groups is 1. The molecule has 6 heterocycles. The van der Waals surface area contributed by atoms with E-state index in [1.165, 1.54) is 4.90 Å². The molecule has 3 aromatic heterocycles. The number of rotatable bonds is 26. The van der Waals surface area contributed by atoms with E-state index in [1.54, 1.807) is 6.92 Å². The molecule has 0 radical (unpaired) electrons. The van der Waals surface area contributed by atoms with Crippen molar-refractivity contribution >= 4 is 86.6 Å². The highest BCUT2D eigenvalue weighted by Crippen LogP contribution is 2.49. The van der Waals surface area contributed by atoms with Crippen molar-refractivity contribution in [2.24, 2.45) is 0 Å². The largest absolute Gasteiger partial charge is 0.480 e. The predicted molar refractivity (Wildman–Crippen MR) is 287 cm³/mol. The predicted octanol–water partition coefficient (Wildman–Crippen LogP) is 6.99. The Bertz CT molecular complexity index is 3040. The fourth-order valence-electron chi connectivity index (χ4n) is 10.6. The molecule has 0 aromatic carbocycles. The topological polar surface area (TPSA) is 314 Å². The van der Waals surface area contributed by atoms with Crippen molar-refractivity contribution in [2.45, 2.75) is 138 Å². The van der Waals surface area contributed by atoms with Gasteiger partial charge in [0.15, 0.2) is 0 Å². The number of allylic oxidation sites excluding steroid dienone is 2. The molecule has 0 saturated heterocycles. The standard InChI is InChI=1S/C56H72N8O14/c1-10-13-15-16-20-78-34(8)49-31(5)37-21-39-33(7)56(9,18-17-42(65)61(24-43(66)62(26-45(68)69)27-46(70)71)25-44(67)63(28-47(72)73)29-48(74)75)53(60-39)51-52-50(54(76)64(55(51)77)19-14-11-2)32(6)38(59-52)22-40-35(12-3)30(4)36(57-40)23-41(49)58-37/h21-23,33-34,58-59H,10-20,24-29H2,1-9H3,(H,68,69)(H,70,71)(H,72,73)(H,74,75). The summed E-state index contributed by atoms with van der Waals surface area (Å²) in [6.07, 6.45) is 4.90. The van der Waals surface area contributed by atoms with E-state index in [9.17, 15) is 58.8 Å². The van der Waals surface area contributed by atoms with Crippen molar-refractivity contribution in [1.82, 2.24) is 39.5 Å². The number of aromatic amines is 2. The number of carbonyl (C=O) groups is 9. The molecule has 22 nitrogen and oxygen atoms in total. The third kappa shape index (κ3) is 12.8. The van der Waals surface area contributed by atoms with Crippen LogP contribution in [-0.4, -0.2) is 166 Å². The van der Waals surface area contributed by atoms with Crippen LogP contribution in [-0.2, 0) is 43.7 Å². The van der Waals surface area contributed by atoms with Crippen LogP contribution >= 0.6 is 0 Å². The van der Waals surface area contributed by atoms with Crippen LogP contribution < -0.4 is 0 Å². The first-order valence-electron chi connectivity index (χ1n) is 26.5. The third-order valence-electron chi connectivity index (χ3n) is 15.2. The number of nitrogens with zero attached hydrogens (tertiary/aromatic N) is 6. The molecule has 0 saturated carbocycles. The van der Waals surface area contributed by atoms with Crippen LogP contribution in [0.2, 0.25) is 0 Å². The molecule has 0 spiro atoms. The van der Waals surface area contributed by atoms with Crippen molar-refractivity contribution in [3.05, 3.63) is 68.8 Å². The van der Waals surface area contributed by atoms with Gasteiger partial charge in [0.2, 0.25) is 17.7 Å². The molecule has 3 atom stereocenters. The Morgan fingerprint density at radius 2 is 1.22 bits per heavy atom. The molecule has 6 rings (SSSR count). The number of hydrogen-bond donors (Lipinski definition) is 6. The van der Waals surface area contributed by atoms with Gasteiger partial charge in [-0.3, -0.25) is 53.0 Å². The summed E-state index contributed by atoms with van der Waals surface area (Å²) in [5, 5.41) is 38.1. The van der Waals surface area contributed by atoms with Gasteiger partial charge in [-0.2, -0.15) is 0 Å². The number of hydrogen-bond acceptors (Lipinski definition) is 12. The highest BCUT2D eigenvalue weighted by molar-refractivity contribution is 6.23. The SMILES string of the molecule is CCCCCCOC(C)c1c(C)c2cc3nc(c4c5[nH]c(cc6nc(cc1[nH]2)C(C)=C6CC)c(C)c5C(=O)N(CCCC)C4=O)C(C)(CCC(=O)N(CC(=O)N(CC(=O)O)CC(=O)O)CC(=O)N(CC(=O)O)CC(=O)O)C3C. The second-order valence-corrected chi connectivity index (χ2v) is 20.6. The molecule has 22 heteroatoms. The average Bonchev–Trinajstić information content (AvgIpc) is 4.16. The van der Waals surface area contributed by atoms with Gasteiger partial charge < -0.3 is 49.8 Å². The Balaban J connectivity index is 1.60. The number of H-pyrrole nitrogens is 2. The van der Waals surface area contributed by atoms with E-state index in [0.29, 0.717) is 68.6 Å². The monoisotopic (exact) mass is 1080 g/mol. The maximum atomic E-state index is 15.3. The lowest BCUT2D eigenvalue weighted by molar-refractivity contribution is -0.153. The van der Waals surface area contributed by atoms with E-state index in [0.717, 1.165) is 59.2 Å². The highest BCUT2D eigenvalue weighted by atomic mass is 16.5. The molecule has 6 N–H and O–H groups in total. The Labute approximate surface area is 451 Å². The number of amides is 5. The van der Waals surface area contributed by atoms with Gasteiger partial charge in [0.1, 0.15) is 39.3 Å². The number of aromatic nitrogens is 4. The number of fused-ring (bicyclic) bond motifs is 8. The molecule has 5 amide bonds. The average molecular weight is 1080 g/mol. The third-order valence-corrected chi connectivity index (χ3v) is 15.2. The summed E-state index contributed by atoms with van der Waals surface area (Å²) >= 11 is 0. The second-order valence-electron chi connectivity index (χ2n) is 20.6. The smallest absolute Gasteiger partial charge is 0.323 e. The number of nitrogens with one attached hydrogen (secondary N) is 2. The van der Waals surface area contributed by atoms with E-state index in [-0.39, 0.29) is 41.4 Å². The van der Waals surface area contributed by atoms with Crippen LogP contribution in [0.4, 0.5) is 0 Å². The van der Waals surface area contributed by atoms with E-state index >= 15 is 4.79 Å². The van der Waals surface area contributed by atoms with Crippen molar-refractivity contribution in [3.63, 3.8) is 0 Å². The summed E-state index contributed by atoms with van der Waals surface area (Å²) in [6, 6.07) is 5.78. The minimum atomic E-state index is -1.58. The molecule has 8 bridgehead atoms. The van der Waals surface area contributed by atoms with Crippen LogP contribution in [0.25, 0.3) is 33.2 Å². The lowest BCUT2D eigenvalue weighted by atomic mass is 9.71. The van der Waals surface area contributed by atoms with Gasteiger partial charge in [-0.25, -0.2) is 4.98 Å². The number of ether oxygens (including phenoxy) is 1. The maximum absolute atomic E-state index is 15.3. The van der Waals surface area contributed by atoms with E-state index in [1.807, 2.05) is 66.7 Å². The lowest BCUT2D eigenvalue weighted by Crippen LogP contribution is -2.51. The summed E-state index contributed by atoms with van der Waals surface area (Å²) in [7, 11) is 0. The quantitative estimate of drug-likeness (QED) is 0.0348. The van der Waals surface area contributed by atoms with Crippen LogP contribution in [0.5, 0.6) is 0 Å². The molecule has 3 unspecified atom stereocenters. The number of carboxylic acids is 4. The van der Waals surface area contributed by atoms with Crippen molar-refractivity contribution in [1.29, 1.82) is 0 Å². The number of aryl methyl sites for hydroxylation is 2. The van der Waals surface area contributed by atoms with E-state index in [2.05, 4.69) is 16.9 Å². The van der Waals surface area contributed by atoms with Gasteiger partial charge in [0, 0.05) is 58.7 Å². The lowest BCUT2D eigenvalue weighted by Gasteiger charge is -2.33. The molecular formula is C56H72N8O14. The first-order valence-corrected chi connectivity index (χ1v) is 26.5. The zero-order valence-electron chi connectivity index (χ0n) is 46.0. The zero-order chi connectivity index (χ0) is 57.5. The zero-order valence-corrected chi connectivity index (χ0v) is 46.0. The van der Waals surface area contributed by atoms with Crippen LogP contribution in [0.1, 0.15) is 178 Å². The number of aliphatic carboxylic acids is 4. The summed E-state index contributed by atoms with van der Waals surface area (Å²) in [5.41, 5.74) is 7.73. The summed E-state index contributed by atoms with van der Waals surface area (Å²) in [4.78, 5) is 139. The second kappa shape index (κ2) is 25.2. The van der Waals surface area contributed by atoms with Crippen molar-refractivity contribution in [3.8, 4) is 0 Å². The minimum absolute atomic E-state index is 0.0880. The summed E-state index contributed by atoms with van der Waals surface area (Å²) in [5.74, 6) is -11.3. The Morgan fingerprint density at radius 3 is 1.77 bits per heavy atom. The van der Waals surface area contributed by atoms with E-state index in [4.69, 9.17) is 14.7 Å². The fraction of sp³-hybridized carbons (Fsp3) is 0.518. The van der Waals surface area contributed by atoms with Gasteiger partial charge in [0.05, 0.1) is 39.8 Å². The first-order chi connectivity index (χ1) is 36.9. The van der Waals surface area contributed by atoms with Gasteiger partial charge in [-0.1, -0.05) is 60.3 Å². The molecule has 3 aliphatic heterocycles. The van der Waals surface area contributed by atoms with E-state index < -0.39 is 110 Å². The van der Waals surface area contributed by atoms with Crippen LogP contribution in [0.3, 0.4) is 0 Å². The maximum Gasteiger partial charge on any atom is 0.323 e. The highest BCUT2D eigenvalue weighted by Gasteiger charge is 2.47. The number of carbonyl (C=O) groups excluding carboxylic acids is 5. The van der Waals surface area contributed by atoms with Gasteiger partial charge in [-0.15, -0.1) is 0 Å². The normalized spacial score (nSPS) is 16.3. The summed E-state index contributed by atoms with van der Waals surface area (Å²) < 4.78 is 6.50. The molecular weight excluding hydrogens is 1010 g/mol. The van der Waals surface area contributed by atoms with Gasteiger partial charge in [0.25, 0.3) is 11.8 Å². The Morgan fingerprint density at radius 1 is 0.679 bits per heavy atom. The summed E-state index contributed by atoms with van der Waals surface area (Å²) in [6.45, 7) is 11.8. The molecule has 420 valence electrons. The first kappa shape index (κ1) is 59.5. The van der Waals surface area contributed by atoms with Crippen molar-refractivity contribution in [2.75, 3.05) is 52.4 Å². The van der Waals surface area contributed by atoms with Gasteiger partial charge in [-0.05, 0) is 93.9 Å². The minimum Gasteiger partial charge on any atom is -0.480 e. The molecule has 78 heavy (non-hydrogen) atoms. The molecule has 0 aliphatic carbocycles. The number of unbranched alkanes of at least 4 members (excludes halogenated alkanes) is 4. The van der Waals surface area contributed by atoms with Crippen LogP contribution in [0, 0.1) is 13.8 Å².